The standard InChI is InChI=1S/C13H9N3O4/c1-7-2-11(12(6-14)13(18)15-7)8-3-9(16(19)20)5-10(17)4-8/h2-5,17H,1H3,(H,15,18). The Bertz CT molecular complexity index is 802. The zero-order valence-electron chi connectivity index (χ0n) is 10.4. The maximum Gasteiger partial charge on any atom is 0.273 e. The van der Waals surface area contributed by atoms with Gasteiger partial charge in [-0.3, -0.25) is 14.9 Å². The van der Waals surface area contributed by atoms with Crippen molar-refractivity contribution in [3.63, 3.8) is 0 Å². The topological polar surface area (TPSA) is 120 Å². The van der Waals surface area contributed by atoms with E-state index in [1.165, 1.54) is 18.2 Å². The second-order valence-corrected chi connectivity index (χ2v) is 4.18. The number of hydrogen-bond donors (Lipinski definition) is 2. The molecule has 100 valence electrons. The van der Waals surface area contributed by atoms with Crippen LogP contribution in [0.4, 0.5) is 5.69 Å². The van der Waals surface area contributed by atoms with Gasteiger partial charge in [0.2, 0.25) is 0 Å². The lowest BCUT2D eigenvalue weighted by Gasteiger charge is -2.06. The lowest BCUT2D eigenvalue weighted by Crippen LogP contribution is -2.12. The van der Waals surface area contributed by atoms with E-state index in [9.17, 15) is 20.0 Å². The summed E-state index contributed by atoms with van der Waals surface area (Å²) in [6.07, 6.45) is 0. The van der Waals surface area contributed by atoms with Crippen LogP contribution in [-0.4, -0.2) is 15.0 Å². The second kappa shape index (κ2) is 4.85. The summed E-state index contributed by atoms with van der Waals surface area (Å²) in [5.41, 5.74) is -0.0592. The molecule has 1 heterocycles. The third kappa shape index (κ3) is 2.35. The summed E-state index contributed by atoms with van der Waals surface area (Å²) in [5, 5.41) is 29.4. The molecular formula is C13H9N3O4. The Morgan fingerprint density at radius 2 is 2.05 bits per heavy atom. The molecule has 2 rings (SSSR count). The molecule has 0 amide bonds. The van der Waals surface area contributed by atoms with Gasteiger partial charge in [-0.25, -0.2) is 0 Å². The molecule has 0 atom stereocenters. The molecule has 0 aliphatic rings. The lowest BCUT2D eigenvalue weighted by molar-refractivity contribution is -0.384. The van der Waals surface area contributed by atoms with Crippen LogP contribution in [0.2, 0.25) is 0 Å². The van der Waals surface area contributed by atoms with Crippen LogP contribution in [0.1, 0.15) is 11.3 Å². The number of nitro benzene ring substituents is 1. The quantitative estimate of drug-likeness (QED) is 0.637. The van der Waals surface area contributed by atoms with Gasteiger partial charge in [0.25, 0.3) is 11.2 Å². The van der Waals surface area contributed by atoms with Gasteiger partial charge < -0.3 is 10.1 Å². The van der Waals surface area contributed by atoms with Crippen LogP contribution < -0.4 is 5.56 Å². The average molecular weight is 271 g/mol. The predicted molar refractivity (Wildman–Crippen MR) is 70.3 cm³/mol. The van der Waals surface area contributed by atoms with Crippen LogP contribution in [-0.2, 0) is 0 Å². The third-order valence-corrected chi connectivity index (χ3v) is 2.70. The van der Waals surface area contributed by atoms with Gasteiger partial charge in [0.1, 0.15) is 17.4 Å². The molecule has 0 aliphatic carbocycles. The summed E-state index contributed by atoms with van der Waals surface area (Å²) in [7, 11) is 0. The fourth-order valence-corrected chi connectivity index (χ4v) is 1.88. The number of nitrogens with one attached hydrogen (secondary N) is 1. The molecule has 2 N–H and O–H groups in total. The number of phenols is 1. The number of benzene rings is 1. The van der Waals surface area contributed by atoms with Gasteiger partial charge in [0, 0.05) is 17.3 Å². The number of aromatic amines is 1. The van der Waals surface area contributed by atoms with Crippen molar-refractivity contribution in [1.29, 1.82) is 5.26 Å². The summed E-state index contributed by atoms with van der Waals surface area (Å²) < 4.78 is 0. The first-order chi connectivity index (χ1) is 9.42. The number of aromatic nitrogens is 1. The monoisotopic (exact) mass is 271 g/mol. The molecule has 0 unspecified atom stereocenters. The molecule has 0 radical (unpaired) electrons. The minimum Gasteiger partial charge on any atom is -0.508 e. The highest BCUT2D eigenvalue weighted by Gasteiger charge is 2.15. The molecule has 20 heavy (non-hydrogen) atoms. The van der Waals surface area contributed by atoms with E-state index in [2.05, 4.69) is 4.98 Å². The molecule has 0 spiro atoms. The normalized spacial score (nSPS) is 10.0. The summed E-state index contributed by atoms with van der Waals surface area (Å²) in [6, 6.07) is 6.75. The van der Waals surface area contributed by atoms with E-state index in [1.54, 1.807) is 13.0 Å². The van der Waals surface area contributed by atoms with Gasteiger partial charge in [0.15, 0.2) is 0 Å². The first-order valence-electron chi connectivity index (χ1n) is 5.55. The molecule has 0 saturated carbocycles. The third-order valence-electron chi connectivity index (χ3n) is 2.70. The highest BCUT2D eigenvalue weighted by Crippen LogP contribution is 2.30. The number of nitrogens with zero attached hydrogens (tertiary/aromatic N) is 2. The molecule has 0 aliphatic heterocycles. The molecule has 0 saturated heterocycles. The SMILES string of the molecule is Cc1cc(-c2cc(O)cc([N+](=O)[O-])c2)c(C#N)c(=O)[nH]1. The number of pyridine rings is 1. The number of nitro groups is 1. The van der Waals surface area contributed by atoms with Gasteiger partial charge >= 0.3 is 0 Å². The summed E-state index contributed by atoms with van der Waals surface area (Å²) in [5.74, 6) is -0.309. The lowest BCUT2D eigenvalue weighted by atomic mass is 10.0. The van der Waals surface area contributed by atoms with Crippen molar-refractivity contribution < 1.29 is 10.0 Å². The van der Waals surface area contributed by atoms with Crippen LogP contribution in [0, 0.1) is 28.4 Å². The fourth-order valence-electron chi connectivity index (χ4n) is 1.88. The van der Waals surface area contributed by atoms with Crippen molar-refractivity contribution in [2.45, 2.75) is 6.92 Å². The molecular weight excluding hydrogens is 262 g/mol. The van der Waals surface area contributed by atoms with Gasteiger partial charge in [-0.05, 0) is 24.6 Å². The van der Waals surface area contributed by atoms with Crippen molar-refractivity contribution in [3.05, 3.63) is 56.0 Å². The second-order valence-electron chi connectivity index (χ2n) is 4.18. The Kier molecular flexibility index (Phi) is 3.23. The van der Waals surface area contributed by atoms with Gasteiger partial charge in [-0.15, -0.1) is 0 Å². The summed E-state index contributed by atoms with van der Waals surface area (Å²) in [6.45, 7) is 1.63. The Balaban J connectivity index is 2.78. The minimum absolute atomic E-state index is 0.157. The van der Waals surface area contributed by atoms with Crippen LogP contribution in [0.25, 0.3) is 11.1 Å². The van der Waals surface area contributed by atoms with E-state index in [0.29, 0.717) is 5.69 Å². The fraction of sp³-hybridized carbons (Fsp3) is 0.0769. The van der Waals surface area contributed by atoms with Crippen molar-refractivity contribution in [3.8, 4) is 22.9 Å². The number of aromatic hydroxyl groups is 1. The zero-order valence-corrected chi connectivity index (χ0v) is 10.4. The first-order valence-corrected chi connectivity index (χ1v) is 5.55. The number of H-pyrrole nitrogens is 1. The van der Waals surface area contributed by atoms with E-state index in [-0.39, 0.29) is 28.1 Å². The molecule has 0 bridgehead atoms. The zero-order chi connectivity index (χ0) is 14.9. The Hall–Kier alpha value is -3.14. The molecule has 7 nitrogen and oxygen atoms in total. The number of aryl methyl sites for hydroxylation is 1. The predicted octanol–water partition coefficient (Wildman–Crippen LogP) is 1.84. The van der Waals surface area contributed by atoms with E-state index in [4.69, 9.17) is 5.26 Å². The maximum atomic E-state index is 11.7. The number of non-ortho nitro benzene ring substituents is 1. The van der Waals surface area contributed by atoms with Crippen LogP contribution >= 0.6 is 0 Å². The minimum atomic E-state index is -0.657. The van der Waals surface area contributed by atoms with Crippen LogP contribution in [0.5, 0.6) is 5.75 Å². The summed E-state index contributed by atoms with van der Waals surface area (Å²) >= 11 is 0. The number of phenolic OH excluding ortho intramolecular Hbond substituents is 1. The Morgan fingerprint density at radius 3 is 2.65 bits per heavy atom. The van der Waals surface area contributed by atoms with Gasteiger partial charge in [0.05, 0.1) is 11.0 Å². The van der Waals surface area contributed by atoms with E-state index in [1.807, 2.05) is 0 Å². The van der Waals surface area contributed by atoms with E-state index in [0.717, 1.165) is 6.07 Å². The highest BCUT2D eigenvalue weighted by molar-refractivity contribution is 5.73. The van der Waals surface area contributed by atoms with E-state index < -0.39 is 10.5 Å². The van der Waals surface area contributed by atoms with E-state index >= 15 is 0 Å². The van der Waals surface area contributed by atoms with Crippen molar-refractivity contribution in [1.82, 2.24) is 4.98 Å². The molecule has 2 aromatic rings. The molecule has 0 fully saturated rings. The van der Waals surface area contributed by atoms with Crippen molar-refractivity contribution in [2.75, 3.05) is 0 Å². The van der Waals surface area contributed by atoms with Crippen molar-refractivity contribution >= 4 is 5.69 Å². The van der Waals surface area contributed by atoms with Crippen LogP contribution in [0.3, 0.4) is 0 Å². The van der Waals surface area contributed by atoms with Gasteiger partial charge in [-0.2, -0.15) is 5.26 Å². The molecule has 1 aromatic heterocycles. The maximum absolute atomic E-state index is 11.7. The smallest absolute Gasteiger partial charge is 0.273 e. The Labute approximate surface area is 112 Å². The summed E-state index contributed by atoms with van der Waals surface area (Å²) in [4.78, 5) is 24.3. The highest BCUT2D eigenvalue weighted by atomic mass is 16.6. The van der Waals surface area contributed by atoms with Gasteiger partial charge in [-0.1, -0.05) is 0 Å². The average Bonchev–Trinajstić information content (AvgIpc) is 2.37. The number of rotatable bonds is 2. The van der Waals surface area contributed by atoms with Crippen molar-refractivity contribution in [2.24, 2.45) is 0 Å². The molecule has 7 heteroatoms. The largest absolute Gasteiger partial charge is 0.508 e. The first kappa shape index (κ1) is 13.3. The van der Waals surface area contributed by atoms with Crippen LogP contribution in [0.15, 0.2) is 29.1 Å². The number of nitriles is 1. The number of hydrogen-bond acceptors (Lipinski definition) is 5. The molecule has 1 aromatic carbocycles. The Morgan fingerprint density at radius 1 is 1.35 bits per heavy atom.